The first-order chi connectivity index (χ1) is 9.73. The third-order valence-electron chi connectivity index (χ3n) is 3.33. The number of rotatable bonds is 5. The number of nitrogens with two attached hydrogens (primary N) is 1. The fourth-order valence-corrected chi connectivity index (χ4v) is 2.15. The van der Waals surface area contributed by atoms with Gasteiger partial charge in [-0.25, -0.2) is 0 Å². The van der Waals surface area contributed by atoms with E-state index in [1.807, 2.05) is 0 Å². The Morgan fingerprint density at radius 1 is 1.23 bits per heavy atom. The average Bonchev–Trinajstić information content (AvgIpc) is 2.37. The predicted molar refractivity (Wildman–Crippen MR) is 107 cm³/mol. The minimum absolute atomic E-state index is 0. The van der Waals surface area contributed by atoms with Crippen molar-refractivity contribution in [2.75, 3.05) is 20.6 Å². The summed E-state index contributed by atoms with van der Waals surface area (Å²) >= 11 is 0. The lowest BCUT2D eigenvalue weighted by Gasteiger charge is -2.25. The molecule has 0 aliphatic heterocycles. The van der Waals surface area contributed by atoms with Crippen molar-refractivity contribution in [3.63, 3.8) is 0 Å². The quantitative estimate of drug-likeness (QED) is 0.439. The summed E-state index contributed by atoms with van der Waals surface area (Å²) in [5, 5.41) is 3.19. The van der Waals surface area contributed by atoms with Crippen molar-refractivity contribution in [2.45, 2.75) is 45.7 Å². The number of nitrogens with zero attached hydrogens (tertiary/aromatic N) is 2. The lowest BCUT2D eigenvalue weighted by molar-refractivity contribution is 0.306. The van der Waals surface area contributed by atoms with Crippen LogP contribution in [0.1, 0.15) is 44.9 Å². The van der Waals surface area contributed by atoms with Crippen LogP contribution < -0.4 is 11.1 Å². The number of likely N-dealkylation sites (N-methyl/N-ethyl adjacent to an activating group) is 1. The van der Waals surface area contributed by atoms with E-state index in [0.29, 0.717) is 12.5 Å². The average molecular weight is 418 g/mol. The van der Waals surface area contributed by atoms with E-state index in [-0.39, 0.29) is 35.6 Å². The molecule has 0 fully saturated rings. The molecule has 0 heterocycles. The summed E-state index contributed by atoms with van der Waals surface area (Å²) in [5.74, 6) is 0.500. The van der Waals surface area contributed by atoms with E-state index >= 15 is 0 Å². The molecular formula is C17H31IN4. The molecule has 0 saturated carbocycles. The fourth-order valence-electron chi connectivity index (χ4n) is 2.15. The third-order valence-corrected chi connectivity index (χ3v) is 3.33. The second-order valence-corrected chi connectivity index (χ2v) is 6.68. The summed E-state index contributed by atoms with van der Waals surface area (Å²) in [6.45, 7) is 9.03. The number of nitrogens with one attached hydrogen (secondary N) is 1. The van der Waals surface area contributed by atoms with Gasteiger partial charge in [-0.05, 0) is 52.4 Å². The predicted octanol–water partition coefficient (Wildman–Crippen LogP) is 3.17. The highest BCUT2D eigenvalue weighted by Crippen LogP contribution is 2.19. The standard InChI is InChI=1S/C17H30N4.HI/c1-7-13-8-10-14(11-9-13)15(21(5)6)12-19-16(18)20-17(2,3)4;/h8-11,15H,7,12H2,1-6H3,(H3,18,19,20);1H. The van der Waals surface area contributed by atoms with Gasteiger partial charge in [0.1, 0.15) is 0 Å². The molecule has 1 atom stereocenters. The Balaban J connectivity index is 0.00000441. The summed E-state index contributed by atoms with van der Waals surface area (Å²) in [5.41, 5.74) is 8.51. The summed E-state index contributed by atoms with van der Waals surface area (Å²) in [7, 11) is 4.14. The second-order valence-electron chi connectivity index (χ2n) is 6.68. The molecule has 0 saturated heterocycles. The van der Waals surface area contributed by atoms with Crippen molar-refractivity contribution in [1.82, 2.24) is 10.2 Å². The Morgan fingerprint density at radius 3 is 2.18 bits per heavy atom. The molecule has 0 amide bonds. The normalized spacial score (nSPS) is 13.7. The Labute approximate surface area is 152 Å². The maximum Gasteiger partial charge on any atom is 0.189 e. The SMILES string of the molecule is CCc1ccc(C(CN=C(N)NC(C)(C)C)N(C)C)cc1.I. The van der Waals surface area contributed by atoms with Crippen LogP contribution in [0.4, 0.5) is 0 Å². The highest BCUT2D eigenvalue weighted by atomic mass is 127. The monoisotopic (exact) mass is 418 g/mol. The molecule has 0 radical (unpaired) electrons. The van der Waals surface area contributed by atoms with Crippen molar-refractivity contribution in [2.24, 2.45) is 10.7 Å². The molecule has 0 aromatic heterocycles. The molecule has 0 aliphatic carbocycles. The van der Waals surface area contributed by atoms with E-state index in [0.717, 1.165) is 6.42 Å². The number of hydrogen-bond donors (Lipinski definition) is 2. The van der Waals surface area contributed by atoms with Crippen LogP contribution in [-0.4, -0.2) is 37.0 Å². The number of aryl methyl sites for hydroxylation is 1. The van der Waals surface area contributed by atoms with Gasteiger partial charge in [-0.3, -0.25) is 4.99 Å². The van der Waals surface area contributed by atoms with Crippen LogP contribution in [0.5, 0.6) is 0 Å². The minimum atomic E-state index is -0.0655. The molecule has 3 N–H and O–H groups in total. The summed E-state index contributed by atoms with van der Waals surface area (Å²) < 4.78 is 0. The van der Waals surface area contributed by atoms with Crippen LogP contribution in [0.25, 0.3) is 0 Å². The van der Waals surface area contributed by atoms with Gasteiger partial charge in [0, 0.05) is 5.54 Å². The molecule has 1 aromatic carbocycles. The molecule has 4 nitrogen and oxygen atoms in total. The fraction of sp³-hybridized carbons (Fsp3) is 0.588. The molecule has 0 spiro atoms. The Morgan fingerprint density at radius 2 is 1.77 bits per heavy atom. The van der Waals surface area contributed by atoms with E-state index in [1.54, 1.807) is 0 Å². The van der Waals surface area contributed by atoms with Gasteiger partial charge in [0.05, 0.1) is 12.6 Å². The van der Waals surface area contributed by atoms with E-state index in [4.69, 9.17) is 5.73 Å². The van der Waals surface area contributed by atoms with Crippen LogP contribution in [0.15, 0.2) is 29.3 Å². The van der Waals surface area contributed by atoms with Crippen LogP contribution >= 0.6 is 24.0 Å². The van der Waals surface area contributed by atoms with Gasteiger partial charge in [0.15, 0.2) is 5.96 Å². The van der Waals surface area contributed by atoms with Crippen molar-refractivity contribution >= 4 is 29.9 Å². The van der Waals surface area contributed by atoms with Gasteiger partial charge in [-0.2, -0.15) is 0 Å². The second kappa shape index (κ2) is 9.35. The maximum atomic E-state index is 5.95. The van der Waals surface area contributed by atoms with Crippen LogP contribution in [0.2, 0.25) is 0 Å². The topological polar surface area (TPSA) is 53.6 Å². The molecule has 0 bridgehead atoms. The summed E-state index contributed by atoms with van der Waals surface area (Å²) in [6, 6.07) is 8.98. The number of benzene rings is 1. The summed E-state index contributed by atoms with van der Waals surface area (Å²) in [6.07, 6.45) is 1.06. The molecule has 0 aliphatic rings. The molecule has 1 rings (SSSR count). The van der Waals surface area contributed by atoms with Crippen molar-refractivity contribution in [3.05, 3.63) is 35.4 Å². The van der Waals surface area contributed by atoms with E-state index in [9.17, 15) is 0 Å². The van der Waals surface area contributed by atoms with E-state index < -0.39 is 0 Å². The van der Waals surface area contributed by atoms with Gasteiger partial charge < -0.3 is 16.0 Å². The smallest absolute Gasteiger partial charge is 0.189 e. The van der Waals surface area contributed by atoms with Crippen molar-refractivity contribution in [3.8, 4) is 0 Å². The Kier molecular flexibility index (Phi) is 9.00. The third kappa shape index (κ3) is 7.45. The zero-order valence-electron chi connectivity index (χ0n) is 14.7. The zero-order valence-corrected chi connectivity index (χ0v) is 17.0. The van der Waals surface area contributed by atoms with Crippen LogP contribution in [-0.2, 0) is 6.42 Å². The van der Waals surface area contributed by atoms with Gasteiger partial charge >= 0.3 is 0 Å². The first-order valence-corrected chi connectivity index (χ1v) is 7.56. The first kappa shape index (κ1) is 21.2. The van der Waals surface area contributed by atoms with Crippen molar-refractivity contribution < 1.29 is 0 Å². The Hall–Kier alpha value is -0.820. The molecule has 1 unspecified atom stereocenters. The highest BCUT2D eigenvalue weighted by Gasteiger charge is 2.15. The number of guanidine groups is 1. The van der Waals surface area contributed by atoms with E-state index in [1.165, 1.54) is 11.1 Å². The van der Waals surface area contributed by atoms with Gasteiger partial charge in [0.25, 0.3) is 0 Å². The maximum absolute atomic E-state index is 5.95. The first-order valence-electron chi connectivity index (χ1n) is 7.56. The van der Waals surface area contributed by atoms with Gasteiger partial charge in [-0.1, -0.05) is 31.2 Å². The summed E-state index contributed by atoms with van der Waals surface area (Å²) in [4.78, 5) is 6.67. The van der Waals surface area contributed by atoms with Crippen LogP contribution in [0.3, 0.4) is 0 Å². The zero-order chi connectivity index (χ0) is 16.0. The van der Waals surface area contributed by atoms with Crippen LogP contribution in [0, 0.1) is 0 Å². The van der Waals surface area contributed by atoms with E-state index in [2.05, 4.69) is 81.3 Å². The lowest BCUT2D eigenvalue weighted by Crippen LogP contribution is -2.45. The minimum Gasteiger partial charge on any atom is -0.370 e. The van der Waals surface area contributed by atoms with Crippen molar-refractivity contribution in [1.29, 1.82) is 0 Å². The van der Waals surface area contributed by atoms with Gasteiger partial charge in [-0.15, -0.1) is 24.0 Å². The lowest BCUT2D eigenvalue weighted by atomic mass is 10.0. The highest BCUT2D eigenvalue weighted by molar-refractivity contribution is 14.0. The Bertz CT molecular complexity index is 461. The molecule has 1 aromatic rings. The molecule has 5 heteroatoms. The molecule has 22 heavy (non-hydrogen) atoms. The number of aliphatic imine (C=N–C) groups is 1. The van der Waals surface area contributed by atoms with Gasteiger partial charge in [0.2, 0.25) is 0 Å². The molecule has 126 valence electrons. The largest absolute Gasteiger partial charge is 0.370 e. The molecular weight excluding hydrogens is 387 g/mol. The number of hydrogen-bond acceptors (Lipinski definition) is 2. The number of halogens is 1.